The molecule has 0 saturated carbocycles. The minimum Gasteiger partial charge on any atom is -0.481 e. The zero-order chi connectivity index (χ0) is 106. The van der Waals surface area contributed by atoms with Crippen molar-refractivity contribution >= 4 is 130 Å². The molecule has 2 saturated heterocycles. The predicted molar refractivity (Wildman–Crippen MR) is 545 cm³/mol. The van der Waals surface area contributed by atoms with Crippen LogP contribution in [0.3, 0.4) is 0 Å². The van der Waals surface area contributed by atoms with Gasteiger partial charge in [0.25, 0.3) is 5.91 Å². The van der Waals surface area contributed by atoms with Gasteiger partial charge in [-0.1, -0.05) is 203 Å². The summed E-state index contributed by atoms with van der Waals surface area (Å²) in [4.78, 5) is 269. The van der Waals surface area contributed by atoms with Gasteiger partial charge in [0.15, 0.2) is 5.96 Å². The maximum atomic E-state index is 15.7. The topological polar surface area (TPSA) is 617 Å². The lowest BCUT2D eigenvalue weighted by atomic mass is 9.85. The molecule has 0 spiro atoms. The van der Waals surface area contributed by atoms with Crippen LogP contribution in [0.25, 0.3) is 22.3 Å². The van der Waals surface area contributed by atoms with E-state index >= 15 is 43.2 Å². The van der Waals surface area contributed by atoms with Crippen LogP contribution in [-0.2, 0) is 102 Å². The van der Waals surface area contributed by atoms with Crippen LogP contribution in [0, 0.1) is 28.6 Å². The number of aliphatic carboxylic acids is 1. The van der Waals surface area contributed by atoms with Crippen molar-refractivity contribution in [3.63, 3.8) is 0 Å². The summed E-state index contributed by atoms with van der Waals surface area (Å²) in [6.07, 6.45) is -0.732. The summed E-state index contributed by atoms with van der Waals surface area (Å²) in [6, 6.07) is 30.5. The number of amides is 17. The Kier molecular flexibility index (Phi) is 42.7. The van der Waals surface area contributed by atoms with Crippen LogP contribution in [0.1, 0.15) is 157 Å². The molecular formula is C104H133N21O19S. The van der Waals surface area contributed by atoms with E-state index in [1.54, 1.807) is 172 Å². The second kappa shape index (κ2) is 54.7. The molecule has 22 N–H and O–H groups in total. The van der Waals surface area contributed by atoms with Crippen molar-refractivity contribution in [1.82, 2.24) is 83.9 Å². The lowest BCUT2D eigenvalue weighted by molar-refractivity contribution is -0.144. The number of carboxylic acids is 1. The number of carboxylic acid groups (broad SMARTS) is 1. The average molecular weight is 2010 g/mol. The van der Waals surface area contributed by atoms with E-state index < -0.39 is 234 Å². The first-order chi connectivity index (χ1) is 68.9. The van der Waals surface area contributed by atoms with E-state index in [4.69, 9.17) is 22.6 Å². The summed E-state index contributed by atoms with van der Waals surface area (Å²) in [6.45, 7) is 13.5. The fraction of sp³-hybridized carbons (Fsp3) is 0.423. The van der Waals surface area contributed by atoms with Gasteiger partial charge < -0.3 is 107 Å². The highest BCUT2D eigenvalue weighted by Gasteiger charge is 2.44. The summed E-state index contributed by atoms with van der Waals surface area (Å²) in [5.41, 5.74) is 21.2. The van der Waals surface area contributed by atoms with E-state index in [2.05, 4.69) is 79.4 Å². The van der Waals surface area contributed by atoms with Crippen LogP contribution >= 0.6 is 11.8 Å². The summed E-state index contributed by atoms with van der Waals surface area (Å²) < 4.78 is 0. The van der Waals surface area contributed by atoms with Crippen molar-refractivity contribution in [3.05, 3.63) is 216 Å². The number of nitrogens with zero attached hydrogens (tertiary/aromatic N) is 3. The Morgan fingerprint density at radius 1 is 0.510 bits per heavy atom. The molecule has 6 aromatic carbocycles. The lowest BCUT2D eigenvalue weighted by Gasteiger charge is -2.34. The van der Waals surface area contributed by atoms with Gasteiger partial charge in [0, 0.05) is 80.3 Å². The van der Waals surface area contributed by atoms with Crippen molar-refractivity contribution in [3.8, 4) is 22.3 Å². The Hall–Kier alpha value is -15.5. The standard InChI is InChI=1S/C104H133N21O19S/c1-11-60(5)86-99(141)117-76(52-64-24-21-29-70(49-64)89(106)131)94(136)115-74(48-59(3)4)93(135)120-80(91(133)111-55-82(105)126)57-145-58-84(128)121-88(104(7,8)9)100(142)118-75(50-62-33-37-66(38-34-62)65-25-15-13-16-26-65)95(137)119-79(51-63-35-39-67(40-36-63)68-41-43-71(44-42-68)112-90(132)69-27-17-14-18-28-69)101(143)124(10)56-83(127)113-77(53-72-30-19-20-45-109-72)96(138)116-78(54-85(129)130)97(139)114-73(31-22-46-110-103(107)108)92(134)123-87(61(6)12-2)102(144)125-47-23-32-81(125)98(140)122-86/h13-21,24-30,33-45,49,59-61,73-81,86-88H,11-12,22-23,31-32,46-48,50-58H2,1-10H3,(H2,105,126)(H2,106,131)(H,111,133)(H,112,132)(H,113,127)(H,114,139)(H,115,136)(H,116,138)(H,117,141)(H,118,142)(H,119,137)(H,120,135)(H,121,128)(H,122,140)(H,123,134)(H,129,130)(H4,107,108,110)/t60-,61-,73+,74-,75-,76-,77-,78-,79-,80-,81-,86-,87-,88+/m0/s1. The molecule has 40 nitrogen and oxygen atoms in total. The SMILES string of the molecule is CC[C@H](C)[C@@H]1NC(=O)[C@@H]2CCCN2C(=O)[C@H]([C@@H](C)CC)NC(=O)[C@@H](CCCNC(=N)N)NC(=O)[C@H](CC(=O)O)NC(=O)[C@H](Cc2ccccn2)NC(=O)CN(C)C(=O)[C@H](Cc2ccc(-c3ccc(NC(=O)c4ccccc4)cc3)cc2)NC(=O)[C@H](Cc2ccc(-c3ccccc3)cc2)NC(=O)[C@H](C(C)(C)C)NC(=O)CSC[C@@H](C(=O)NCC(N)=O)NC(=O)[C@H](CC(C)C)NC(=O)[C@H](Cc2cccc(C(N)=O)c2)NC1=O. The molecule has 17 amide bonds. The van der Waals surface area contributed by atoms with Gasteiger partial charge in [-0.15, -0.1) is 11.8 Å². The number of nitrogens with two attached hydrogens (primary N) is 3. The van der Waals surface area contributed by atoms with E-state index in [1.807, 2.05) is 42.5 Å². The number of primary amides is 2. The minimum absolute atomic E-state index is 0.0167. The van der Waals surface area contributed by atoms with Crippen LogP contribution < -0.4 is 91.6 Å². The highest BCUT2D eigenvalue weighted by molar-refractivity contribution is 8.00. The number of thioether (sulfide) groups is 1. The van der Waals surface area contributed by atoms with E-state index in [0.29, 0.717) is 33.5 Å². The molecule has 0 aliphatic carbocycles. The maximum Gasteiger partial charge on any atom is 0.305 e. The molecule has 774 valence electrons. The fourth-order valence-corrected chi connectivity index (χ4v) is 17.4. The van der Waals surface area contributed by atoms with Crippen molar-refractivity contribution < 1.29 is 91.4 Å². The lowest BCUT2D eigenvalue weighted by Crippen LogP contribution is -2.62. The number of hydrogen-bond acceptors (Lipinski definition) is 21. The molecule has 41 heteroatoms. The van der Waals surface area contributed by atoms with Crippen LogP contribution in [0.2, 0.25) is 0 Å². The monoisotopic (exact) mass is 2010 g/mol. The number of rotatable bonds is 28. The van der Waals surface area contributed by atoms with Crippen LogP contribution in [0.5, 0.6) is 0 Å². The molecule has 7 aromatic rings. The number of likely N-dealkylation sites (N-methyl/N-ethyl adjacent to an activating group) is 1. The quantitative estimate of drug-likeness (QED) is 0.0190. The number of fused-ring (bicyclic) bond motifs is 1. The summed E-state index contributed by atoms with van der Waals surface area (Å²) in [5.74, 6) is -20.3. The van der Waals surface area contributed by atoms with Gasteiger partial charge in [0.05, 0.1) is 25.3 Å². The molecule has 1 aromatic heterocycles. The van der Waals surface area contributed by atoms with Gasteiger partial charge in [-0.2, -0.15) is 0 Å². The molecule has 0 radical (unpaired) electrons. The normalized spacial score (nSPS) is 21.8. The van der Waals surface area contributed by atoms with E-state index in [0.717, 1.165) is 33.4 Å². The summed E-state index contributed by atoms with van der Waals surface area (Å²) in [5, 5.41) is 56.0. The number of guanidine groups is 1. The van der Waals surface area contributed by atoms with Crippen LogP contribution in [-0.4, -0.2) is 249 Å². The number of carbonyl (C=O) groups excluding carboxylic acids is 17. The van der Waals surface area contributed by atoms with Crippen LogP contribution in [0.4, 0.5) is 5.69 Å². The third-order valence-electron chi connectivity index (χ3n) is 24.9. The largest absolute Gasteiger partial charge is 0.481 e. The van der Waals surface area contributed by atoms with Crippen molar-refractivity contribution in [2.45, 2.75) is 212 Å². The maximum absolute atomic E-state index is 15.7. The van der Waals surface area contributed by atoms with Gasteiger partial charge in [-0.25, -0.2) is 0 Å². The third kappa shape index (κ3) is 35.0. The van der Waals surface area contributed by atoms with E-state index in [1.165, 1.54) is 42.4 Å². The Morgan fingerprint density at radius 2 is 1.02 bits per heavy atom. The number of benzene rings is 6. The number of nitrogens with one attached hydrogen (secondary N) is 15. The molecule has 2 fully saturated rings. The Morgan fingerprint density at radius 3 is 1.59 bits per heavy atom. The van der Waals surface area contributed by atoms with E-state index in [9.17, 15) is 48.3 Å². The molecule has 145 heavy (non-hydrogen) atoms. The molecule has 14 atom stereocenters. The molecule has 2 aliphatic heterocycles. The summed E-state index contributed by atoms with van der Waals surface area (Å²) >= 11 is 0.804. The highest BCUT2D eigenvalue weighted by Crippen LogP contribution is 2.29. The first-order valence-electron chi connectivity index (χ1n) is 48.3. The first-order valence-corrected chi connectivity index (χ1v) is 49.4. The molecule has 9 rings (SSSR count). The Bertz CT molecular complexity index is 5740. The Labute approximate surface area is 846 Å². The second-order valence-electron chi connectivity index (χ2n) is 37.8. The summed E-state index contributed by atoms with van der Waals surface area (Å²) in [7, 11) is 1.24. The average Bonchev–Trinajstić information content (AvgIpc) is 0.897. The minimum atomic E-state index is -2.03. The molecule has 0 bridgehead atoms. The van der Waals surface area contributed by atoms with Crippen molar-refractivity contribution in [2.24, 2.45) is 40.4 Å². The van der Waals surface area contributed by atoms with Gasteiger partial charge in [-0.3, -0.25) is 96.7 Å². The van der Waals surface area contributed by atoms with Crippen molar-refractivity contribution in [2.75, 3.05) is 50.0 Å². The van der Waals surface area contributed by atoms with Gasteiger partial charge in [0.1, 0.15) is 72.5 Å². The zero-order valence-electron chi connectivity index (χ0n) is 83.0. The molecular weight excluding hydrogens is 1880 g/mol. The van der Waals surface area contributed by atoms with Gasteiger partial charge in [-0.05, 0) is 143 Å². The molecule has 0 unspecified atom stereocenters. The fourth-order valence-electron chi connectivity index (χ4n) is 16.5. The number of pyridine rings is 1. The number of hydrogen-bond donors (Lipinski definition) is 19. The van der Waals surface area contributed by atoms with E-state index in [-0.39, 0.29) is 100 Å². The number of anilines is 1. The van der Waals surface area contributed by atoms with Crippen molar-refractivity contribution in [1.29, 1.82) is 5.41 Å². The second-order valence-corrected chi connectivity index (χ2v) is 38.8. The predicted octanol–water partition coefficient (Wildman–Crippen LogP) is 3.09. The molecule has 3 heterocycles. The number of carbonyl (C=O) groups is 18. The molecule has 2 aliphatic rings. The smallest absolute Gasteiger partial charge is 0.305 e. The first kappa shape index (κ1) is 113. The third-order valence-corrected chi connectivity index (χ3v) is 25.9. The van der Waals surface area contributed by atoms with Gasteiger partial charge >= 0.3 is 5.97 Å². The zero-order valence-corrected chi connectivity index (χ0v) is 83.8. The Balaban J connectivity index is 1.12. The van der Waals surface area contributed by atoms with Crippen LogP contribution in [0.15, 0.2) is 182 Å². The number of aromatic nitrogens is 1. The highest BCUT2D eigenvalue weighted by atomic mass is 32.2. The van der Waals surface area contributed by atoms with Gasteiger partial charge in [0.2, 0.25) is 94.5 Å².